The Kier molecular flexibility index (Phi) is 4.89. The first-order valence-corrected chi connectivity index (χ1v) is 8.69. The van der Waals surface area contributed by atoms with E-state index in [1.165, 1.54) is 0 Å². The quantitative estimate of drug-likeness (QED) is 0.763. The summed E-state index contributed by atoms with van der Waals surface area (Å²) in [5, 5.41) is 0. The Morgan fingerprint density at radius 1 is 1.08 bits per heavy atom. The molecular formula is C21H24N2O. The minimum Gasteiger partial charge on any atom is -0.294 e. The molecule has 0 bridgehead atoms. The van der Waals surface area contributed by atoms with E-state index < -0.39 is 0 Å². The molecule has 1 aromatic heterocycles. The molecule has 3 rings (SSSR count). The molecule has 124 valence electrons. The van der Waals surface area contributed by atoms with E-state index in [4.69, 9.17) is 0 Å². The summed E-state index contributed by atoms with van der Waals surface area (Å²) in [5.74, 6) is 1.86. The molecule has 1 aliphatic carbocycles. The zero-order chi connectivity index (χ0) is 17.1. The molecule has 0 saturated heterocycles. The molecule has 0 radical (unpaired) electrons. The third-order valence-corrected chi connectivity index (χ3v) is 4.89. The number of nitrogens with zero attached hydrogens (tertiary/aromatic N) is 2. The van der Waals surface area contributed by atoms with Crippen molar-refractivity contribution in [2.24, 2.45) is 17.8 Å². The van der Waals surface area contributed by atoms with Crippen LogP contribution in [0.5, 0.6) is 0 Å². The van der Waals surface area contributed by atoms with Gasteiger partial charge in [0.2, 0.25) is 0 Å². The molecule has 1 aromatic carbocycles. The van der Waals surface area contributed by atoms with Crippen molar-refractivity contribution in [3.05, 3.63) is 53.9 Å². The minimum atomic E-state index is 0.150. The molecule has 0 spiro atoms. The van der Waals surface area contributed by atoms with Crippen molar-refractivity contribution in [1.82, 2.24) is 9.97 Å². The second-order valence-electron chi connectivity index (χ2n) is 7.00. The molecule has 3 nitrogen and oxygen atoms in total. The van der Waals surface area contributed by atoms with Gasteiger partial charge in [0.05, 0.1) is 0 Å². The SMILES string of the molecule is CC(C)[C@@H]1CC[C@H](C)C(=Cc2cnc(-c3ccccc3)nc2)C1=O. The third kappa shape index (κ3) is 3.45. The van der Waals surface area contributed by atoms with Crippen LogP contribution in [-0.2, 0) is 4.79 Å². The van der Waals surface area contributed by atoms with Crippen LogP contribution < -0.4 is 0 Å². The van der Waals surface area contributed by atoms with Gasteiger partial charge in [-0.15, -0.1) is 0 Å². The Morgan fingerprint density at radius 2 is 1.75 bits per heavy atom. The van der Waals surface area contributed by atoms with Crippen molar-refractivity contribution < 1.29 is 4.79 Å². The number of benzene rings is 1. The number of carbonyl (C=O) groups excluding carboxylic acids is 1. The molecule has 0 aliphatic heterocycles. The van der Waals surface area contributed by atoms with Gasteiger partial charge in [-0.3, -0.25) is 4.79 Å². The number of allylic oxidation sites excluding steroid dienone is 1. The zero-order valence-corrected chi connectivity index (χ0v) is 14.6. The highest BCUT2D eigenvalue weighted by molar-refractivity contribution is 6.02. The topological polar surface area (TPSA) is 42.9 Å². The first kappa shape index (κ1) is 16.6. The average Bonchev–Trinajstić information content (AvgIpc) is 2.59. The number of aromatic nitrogens is 2. The van der Waals surface area contributed by atoms with Crippen molar-refractivity contribution in [3.8, 4) is 11.4 Å². The molecule has 1 aliphatic rings. The second kappa shape index (κ2) is 7.08. The predicted octanol–water partition coefficient (Wildman–Crippen LogP) is 4.80. The zero-order valence-electron chi connectivity index (χ0n) is 14.6. The molecule has 3 heteroatoms. The lowest BCUT2D eigenvalue weighted by molar-refractivity contribution is -0.122. The number of hydrogen-bond acceptors (Lipinski definition) is 3. The predicted molar refractivity (Wildman–Crippen MR) is 97.2 cm³/mol. The maximum atomic E-state index is 12.8. The summed E-state index contributed by atoms with van der Waals surface area (Å²) in [6.45, 7) is 6.40. The fourth-order valence-corrected chi connectivity index (χ4v) is 3.35. The fourth-order valence-electron chi connectivity index (χ4n) is 3.35. The Balaban J connectivity index is 1.86. The standard InChI is InChI=1S/C21H24N2O/c1-14(2)18-10-9-15(3)19(20(18)24)11-16-12-22-21(23-13-16)17-7-5-4-6-8-17/h4-8,11-15,18H,9-10H2,1-3H3/t15-,18-/m0/s1. The van der Waals surface area contributed by atoms with Crippen LogP contribution in [0.25, 0.3) is 17.5 Å². The fraction of sp³-hybridized carbons (Fsp3) is 0.381. The molecule has 1 heterocycles. The highest BCUT2D eigenvalue weighted by atomic mass is 16.1. The molecule has 24 heavy (non-hydrogen) atoms. The Labute approximate surface area is 143 Å². The van der Waals surface area contributed by atoms with Crippen molar-refractivity contribution in [2.75, 3.05) is 0 Å². The summed E-state index contributed by atoms with van der Waals surface area (Å²) in [6, 6.07) is 9.91. The number of Topliss-reactive ketones (excluding diaryl/α,β-unsaturated/α-hetero) is 1. The Hall–Kier alpha value is -2.29. The molecular weight excluding hydrogens is 296 g/mol. The average molecular weight is 320 g/mol. The van der Waals surface area contributed by atoms with Crippen LogP contribution in [0.2, 0.25) is 0 Å². The molecule has 1 saturated carbocycles. The van der Waals surface area contributed by atoms with Crippen LogP contribution in [0.4, 0.5) is 0 Å². The van der Waals surface area contributed by atoms with E-state index in [1.807, 2.05) is 36.4 Å². The summed E-state index contributed by atoms with van der Waals surface area (Å²) in [4.78, 5) is 21.7. The first-order valence-electron chi connectivity index (χ1n) is 8.69. The van der Waals surface area contributed by atoms with Gasteiger partial charge in [0.15, 0.2) is 11.6 Å². The molecule has 0 unspecified atom stereocenters. The number of rotatable bonds is 3. The summed E-state index contributed by atoms with van der Waals surface area (Å²) >= 11 is 0. The van der Waals surface area contributed by atoms with Crippen molar-refractivity contribution in [1.29, 1.82) is 0 Å². The van der Waals surface area contributed by atoms with E-state index in [1.54, 1.807) is 12.4 Å². The lowest BCUT2D eigenvalue weighted by Gasteiger charge is -2.30. The number of hydrogen-bond donors (Lipinski definition) is 0. The highest BCUT2D eigenvalue weighted by Crippen LogP contribution is 2.35. The van der Waals surface area contributed by atoms with E-state index >= 15 is 0 Å². The minimum absolute atomic E-state index is 0.150. The van der Waals surface area contributed by atoms with Gasteiger partial charge in [0.25, 0.3) is 0 Å². The summed E-state index contributed by atoms with van der Waals surface area (Å²) in [7, 11) is 0. The number of ketones is 1. The van der Waals surface area contributed by atoms with Crippen LogP contribution in [0.1, 0.15) is 39.2 Å². The van der Waals surface area contributed by atoms with Crippen molar-refractivity contribution in [3.63, 3.8) is 0 Å². The van der Waals surface area contributed by atoms with E-state index in [9.17, 15) is 4.79 Å². The maximum absolute atomic E-state index is 12.8. The van der Waals surface area contributed by atoms with Gasteiger partial charge in [0, 0.05) is 29.4 Å². The highest BCUT2D eigenvalue weighted by Gasteiger charge is 2.32. The maximum Gasteiger partial charge on any atom is 0.162 e. The molecule has 2 aromatic rings. The largest absolute Gasteiger partial charge is 0.294 e. The van der Waals surface area contributed by atoms with Crippen LogP contribution in [-0.4, -0.2) is 15.8 Å². The molecule has 2 atom stereocenters. The third-order valence-electron chi connectivity index (χ3n) is 4.89. The number of carbonyl (C=O) groups is 1. The van der Waals surface area contributed by atoms with Gasteiger partial charge in [-0.1, -0.05) is 51.1 Å². The van der Waals surface area contributed by atoms with Crippen LogP contribution in [0, 0.1) is 17.8 Å². The van der Waals surface area contributed by atoms with Gasteiger partial charge in [-0.2, -0.15) is 0 Å². The van der Waals surface area contributed by atoms with Crippen molar-refractivity contribution in [2.45, 2.75) is 33.6 Å². The Morgan fingerprint density at radius 3 is 2.38 bits per heavy atom. The lowest BCUT2D eigenvalue weighted by Crippen LogP contribution is -2.30. The van der Waals surface area contributed by atoms with Gasteiger partial charge in [0.1, 0.15) is 0 Å². The van der Waals surface area contributed by atoms with Crippen LogP contribution in [0.3, 0.4) is 0 Å². The second-order valence-corrected chi connectivity index (χ2v) is 7.00. The van der Waals surface area contributed by atoms with Crippen LogP contribution >= 0.6 is 0 Å². The summed E-state index contributed by atoms with van der Waals surface area (Å²) in [6.07, 6.45) is 7.67. The normalized spacial score (nSPS) is 23.0. The molecule has 1 fully saturated rings. The van der Waals surface area contributed by atoms with Crippen LogP contribution in [0.15, 0.2) is 48.3 Å². The van der Waals surface area contributed by atoms with E-state index in [0.717, 1.165) is 29.5 Å². The smallest absolute Gasteiger partial charge is 0.162 e. The van der Waals surface area contributed by atoms with Gasteiger partial charge < -0.3 is 0 Å². The molecule has 0 N–H and O–H groups in total. The van der Waals surface area contributed by atoms with E-state index in [0.29, 0.717) is 23.4 Å². The Bertz CT molecular complexity index is 732. The van der Waals surface area contributed by atoms with E-state index in [-0.39, 0.29) is 5.92 Å². The first-order chi connectivity index (χ1) is 11.6. The lowest BCUT2D eigenvalue weighted by atomic mass is 9.73. The monoisotopic (exact) mass is 320 g/mol. The summed E-state index contributed by atoms with van der Waals surface area (Å²) in [5.41, 5.74) is 2.82. The van der Waals surface area contributed by atoms with Gasteiger partial charge in [-0.05, 0) is 36.3 Å². The van der Waals surface area contributed by atoms with Gasteiger partial charge >= 0.3 is 0 Å². The van der Waals surface area contributed by atoms with E-state index in [2.05, 4.69) is 30.7 Å². The van der Waals surface area contributed by atoms with Crippen molar-refractivity contribution >= 4 is 11.9 Å². The molecule has 0 amide bonds. The summed E-state index contributed by atoms with van der Waals surface area (Å²) < 4.78 is 0. The van der Waals surface area contributed by atoms with Gasteiger partial charge in [-0.25, -0.2) is 9.97 Å².